The molecule has 0 N–H and O–H groups in total. The lowest BCUT2D eigenvalue weighted by Gasteiger charge is -2.27. The Kier molecular flexibility index (Phi) is 8.34. The van der Waals surface area contributed by atoms with Crippen LogP contribution in [0, 0.1) is 0 Å². The third-order valence-electron chi connectivity index (χ3n) is 6.70. The van der Waals surface area contributed by atoms with Crippen molar-refractivity contribution in [2.24, 2.45) is 0 Å². The number of hydrogen-bond donors (Lipinski definition) is 0. The molecule has 1 aliphatic carbocycles. The van der Waals surface area contributed by atoms with Gasteiger partial charge in [0, 0.05) is 30.6 Å². The Morgan fingerprint density at radius 1 is 0.889 bits per heavy atom. The van der Waals surface area contributed by atoms with Gasteiger partial charge in [-0.25, -0.2) is 0 Å². The standard InChI is InChI=1S/C31H32O5/c1-34-29-13-5-4-12-26(29)23-10-6-8-21(16-23)18-28(32)25-14-15-30(35-2)27(20-25)24-11-7-9-22(17-24)19-31(33)36-3/h4,6-12,14-17,20,26,29H,5,13,18-19H2,1-3H3. The summed E-state index contributed by atoms with van der Waals surface area (Å²) in [4.78, 5) is 25.0. The molecule has 0 saturated heterocycles. The van der Waals surface area contributed by atoms with Crippen LogP contribution < -0.4 is 4.74 Å². The van der Waals surface area contributed by atoms with Crippen LogP contribution in [0.15, 0.2) is 78.9 Å². The van der Waals surface area contributed by atoms with Gasteiger partial charge in [0.25, 0.3) is 0 Å². The van der Waals surface area contributed by atoms with E-state index in [2.05, 4.69) is 24.3 Å². The maximum atomic E-state index is 13.3. The van der Waals surface area contributed by atoms with E-state index in [-0.39, 0.29) is 30.2 Å². The highest BCUT2D eigenvalue weighted by Crippen LogP contribution is 2.33. The van der Waals surface area contributed by atoms with Crippen molar-refractivity contribution in [3.8, 4) is 16.9 Å². The summed E-state index contributed by atoms with van der Waals surface area (Å²) in [7, 11) is 4.75. The van der Waals surface area contributed by atoms with Crippen LogP contribution in [-0.4, -0.2) is 39.2 Å². The Labute approximate surface area is 212 Å². The van der Waals surface area contributed by atoms with Gasteiger partial charge in [-0.1, -0.05) is 60.7 Å². The molecule has 0 heterocycles. The molecule has 0 fully saturated rings. The summed E-state index contributed by atoms with van der Waals surface area (Å²) in [6.45, 7) is 0. The summed E-state index contributed by atoms with van der Waals surface area (Å²) in [5.41, 5.74) is 5.27. The summed E-state index contributed by atoms with van der Waals surface area (Å²) >= 11 is 0. The van der Waals surface area contributed by atoms with Crippen molar-refractivity contribution in [3.05, 3.63) is 101 Å². The zero-order valence-corrected chi connectivity index (χ0v) is 21.0. The molecule has 0 bridgehead atoms. The molecule has 3 aromatic carbocycles. The van der Waals surface area contributed by atoms with Gasteiger partial charge in [0.15, 0.2) is 5.78 Å². The Bertz CT molecular complexity index is 1260. The van der Waals surface area contributed by atoms with Crippen LogP contribution in [-0.2, 0) is 27.1 Å². The van der Waals surface area contributed by atoms with Gasteiger partial charge in [0.05, 0.1) is 26.7 Å². The topological polar surface area (TPSA) is 61.8 Å². The van der Waals surface area contributed by atoms with Crippen molar-refractivity contribution in [2.45, 2.75) is 37.7 Å². The quantitative estimate of drug-likeness (QED) is 0.213. The van der Waals surface area contributed by atoms with Crippen LogP contribution in [0.1, 0.15) is 45.8 Å². The lowest BCUT2D eigenvalue weighted by atomic mass is 9.85. The second-order valence-corrected chi connectivity index (χ2v) is 9.02. The summed E-state index contributed by atoms with van der Waals surface area (Å²) < 4.78 is 16.1. The Morgan fingerprint density at radius 2 is 1.67 bits per heavy atom. The molecule has 36 heavy (non-hydrogen) atoms. The molecule has 0 aliphatic heterocycles. The maximum absolute atomic E-state index is 13.3. The molecular weight excluding hydrogens is 452 g/mol. The number of carbonyl (C=O) groups excluding carboxylic acids is 2. The first kappa shape index (κ1) is 25.4. The predicted molar refractivity (Wildman–Crippen MR) is 141 cm³/mol. The van der Waals surface area contributed by atoms with Crippen LogP contribution in [0.25, 0.3) is 11.1 Å². The zero-order chi connectivity index (χ0) is 25.5. The monoisotopic (exact) mass is 484 g/mol. The molecule has 0 amide bonds. The second kappa shape index (κ2) is 11.8. The number of Topliss-reactive ketones (excluding diaryl/α,β-unsaturated/α-hetero) is 1. The number of esters is 1. The smallest absolute Gasteiger partial charge is 0.309 e. The van der Waals surface area contributed by atoms with Crippen LogP contribution in [0.5, 0.6) is 5.75 Å². The van der Waals surface area contributed by atoms with Gasteiger partial charge in [-0.2, -0.15) is 0 Å². The summed E-state index contributed by atoms with van der Waals surface area (Å²) in [6.07, 6.45) is 7.08. The lowest BCUT2D eigenvalue weighted by Crippen LogP contribution is -2.22. The maximum Gasteiger partial charge on any atom is 0.309 e. The minimum atomic E-state index is -0.300. The Morgan fingerprint density at radius 3 is 2.42 bits per heavy atom. The largest absolute Gasteiger partial charge is 0.496 e. The predicted octanol–water partition coefficient (Wildman–Crippen LogP) is 5.95. The molecule has 186 valence electrons. The normalized spacial score (nSPS) is 17.0. The fourth-order valence-electron chi connectivity index (χ4n) is 4.79. The number of ether oxygens (including phenoxy) is 3. The van der Waals surface area contributed by atoms with E-state index in [0.29, 0.717) is 17.7 Å². The van der Waals surface area contributed by atoms with E-state index < -0.39 is 0 Å². The number of methoxy groups -OCH3 is 3. The first-order chi connectivity index (χ1) is 17.5. The van der Waals surface area contributed by atoms with Crippen LogP contribution in [0.4, 0.5) is 0 Å². The SMILES string of the molecule is COC(=O)Cc1cccc(-c2cc(C(=O)Cc3cccc(C4C=CCCC4OC)c3)ccc2OC)c1. The van der Waals surface area contributed by atoms with Gasteiger partial charge in [0.2, 0.25) is 0 Å². The molecule has 0 radical (unpaired) electrons. The lowest BCUT2D eigenvalue weighted by molar-refractivity contribution is -0.139. The van der Waals surface area contributed by atoms with Gasteiger partial charge in [-0.3, -0.25) is 9.59 Å². The van der Waals surface area contributed by atoms with Gasteiger partial charge >= 0.3 is 5.97 Å². The zero-order valence-electron chi connectivity index (χ0n) is 21.0. The number of benzene rings is 3. The number of allylic oxidation sites excluding steroid dienone is 1. The number of hydrogen-bond acceptors (Lipinski definition) is 5. The van der Waals surface area contributed by atoms with Crippen molar-refractivity contribution < 1.29 is 23.8 Å². The van der Waals surface area contributed by atoms with Crippen molar-refractivity contribution in [2.75, 3.05) is 21.3 Å². The third-order valence-corrected chi connectivity index (χ3v) is 6.70. The minimum absolute atomic E-state index is 0.0317. The highest BCUT2D eigenvalue weighted by atomic mass is 16.5. The molecule has 0 saturated carbocycles. The number of rotatable bonds is 9. The summed E-state index contributed by atoms with van der Waals surface area (Å²) in [5.74, 6) is 0.595. The van der Waals surface area contributed by atoms with Gasteiger partial charge in [0.1, 0.15) is 5.75 Å². The molecule has 5 nitrogen and oxygen atoms in total. The second-order valence-electron chi connectivity index (χ2n) is 9.02. The van der Waals surface area contributed by atoms with E-state index in [1.54, 1.807) is 20.3 Å². The van der Waals surface area contributed by atoms with E-state index in [0.717, 1.165) is 35.1 Å². The molecule has 1 aliphatic rings. The van der Waals surface area contributed by atoms with E-state index in [4.69, 9.17) is 14.2 Å². The molecule has 0 spiro atoms. The highest BCUT2D eigenvalue weighted by Gasteiger charge is 2.23. The fraction of sp³-hybridized carbons (Fsp3) is 0.290. The average molecular weight is 485 g/mol. The van der Waals surface area contributed by atoms with Crippen molar-refractivity contribution >= 4 is 11.8 Å². The van der Waals surface area contributed by atoms with Gasteiger partial charge in [-0.15, -0.1) is 0 Å². The Balaban J connectivity index is 1.58. The first-order valence-electron chi connectivity index (χ1n) is 12.2. The first-order valence-corrected chi connectivity index (χ1v) is 12.2. The van der Waals surface area contributed by atoms with Gasteiger partial charge < -0.3 is 14.2 Å². The number of carbonyl (C=O) groups is 2. The molecule has 3 aromatic rings. The molecule has 2 unspecified atom stereocenters. The molecule has 0 aromatic heterocycles. The van der Waals surface area contributed by atoms with Crippen molar-refractivity contribution in [1.29, 1.82) is 0 Å². The van der Waals surface area contributed by atoms with E-state index in [1.807, 2.05) is 48.5 Å². The van der Waals surface area contributed by atoms with E-state index >= 15 is 0 Å². The molecule has 2 atom stereocenters. The van der Waals surface area contributed by atoms with E-state index in [9.17, 15) is 9.59 Å². The summed E-state index contributed by atoms with van der Waals surface area (Å²) in [5, 5.41) is 0. The molecule has 4 rings (SSSR count). The molecular formula is C31H32O5. The van der Waals surface area contributed by atoms with Crippen LogP contribution >= 0.6 is 0 Å². The van der Waals surface area contributed by atoms with Crippen molar-refractivity contribution in [3.63, 3.8) is 0 Å². The molecule has 5 heteroatoms. The third kappa shape index (κ3) is 5.92. The van der Waals surface area contributed by atoms with Crippen molar-refractivity contribution in [1.82, 2.24) is 0 Å². The fourth-order valence-corrected chi connectivity index (χ4v) is 4.79. The average Bonchev–Trinajstić information content (AvgIpc) is 2.92. The van der Waals surface area contributed by atoms with Crippen LogP contribution in [0.3, 0.4) is 0 Å². The van der Waals surface area contributed by atoms with E-state index in [1.165, 1.54) is 12.7 Å². The van der Waals surface area contributed by atoms with Crippen LogP contribution in [0.2, 0.25) is 0 Å². The highest BCUT2D eigenvalue weighted by molar-refractivity contribution is 5.99. The number of ketones is 1. The minimum Gasteiger partial charge on any atom is -0.496 e. The Hall–Kier alpha value is -3.70. The van der Waals surface area contributed by atoms with Gasteiger partial charge in [-0.05, 0) is 53.3 Å². The summed E-state index contributed by atoms with van der Waals surface area (Å²) in [6, 6.07) is 21.4.